The zero-order valence-electron chi connectivity index (χ0n) is 21.1. The summed E-state index contributed by atoms with van der Waals surface area (Å²) in [6.07, 6.45) is 5.09. The standard InChI is InChI=1S/C29H31N7O/c1-19(37)35-14-15-36(24-9-5-4-8-23(24)35)28-26-22(17-32-28)33-25(18-31-26)34-12-10-29(11-13-34)16-20-6-2-3-7-21(20)27(29)30/h2-9,18,27H,10-17,30H2,1H3/t27-/m1/s1. The van der Waals surface area contributed by atoms with E-state index in [-0.39, 0.29) is 17.4 Å². The molecule has 8 heteroatoms. The van der Waals surface area contributed by atoms with Crippen LogP contribution in [0.3, 0.4) is 0 Å². The molecule has 0 saturated carbocycles. The Morgan fingerprint density at radius 2 is 1.76 bits per heavy atom. The molecule has 3 aromatic rings. The number of rotatable bonds is 1. The average Bonchev–Trinajstić information content (AvgIpc) is 3.47. The fourth-order valence-corrected chi connectivity index (χ4v) is 6.70. The second kappa shape index (κ2) is 8.38. The van der Waals surface area contributed by atoms with Gasteiger partial charge < -0.3 is 20.4 Å². The molecule has 0 unspecified atom stereocenters. The van der Waals surface area contributed by atoms with E-state index >= 15 is 0 Å². The Hall–Kier alpha value is -3.78. The van der Waals surface area contributed by atoms with E-state index in [2.05, 4.69) is 34.1 Å². The summed E-state index contributed by atoms with van der Waals surface area (Å²) in [5.74, 6) is 1.82. The molecule has 3 aliphatic heterocycles. The monoisotopic (exact) mass is 493 g/mol. The molecule has 7 rings (SSSR count). The van der Waals surface area contributed by atoms with Crippen molar-refractivity contribution in [3.63, 3.8) is 0 Å². The van der Waals surface area contributed by atoms with Crippen LogP contribution < -0.4 is 20.4 Å². The van der Waals surface area contributed by atoms with Crippen molar-refractivity contribution in [3.05, 3.63) is 77.2 Å². The van der Waals surface area contributed by atoms with Crippen LogP contribution in [0.5, 0.6) is 0 Å². The van der Waals surface area contributed by atoms with Crippen LogP contribution >= 0.6 is 0 Å². The van der Waals surface area contributed by atoms with Gasteiger partial charge in [0.15, 0.2) is 5.84 Å². The highest BCUT2D eigenvalue weighted by molar-refractivity contribution is 6.13. The van der Waals surface area contributed by atoms with Crippen molar-refractivity contribution in [1.82, 2.24) is 9.97 Å². The zero-order chi connectivity index (χ0) is 25.1. The number of anilines is 3. The first kappa shape index (κ1) is 22.4. The molecule has 4 heterocycles. The van der Waals surface area contributed by atoms with Crippen molar-refractivity contribution in [3.8, 4) is 0 Å². The highest BCUT2D eigenvalue weighted by Crippen LogP contribution is 2.51. The normalized spacial score (nSPS) is 21.5. The molecule has 1 saturated heterocycles. The van der Waals surface area contributed by atoms with Gasteiger partial charge in [0.05, 0.1) is 29.8 Å². The zero-order valence-corrected chi connectivity index (χ0v) is 21.1. The summed E-state index contributed by atoms with van der Waals surface area (Å²) in [5.41, 5.74) is 13.3. The van der Waals surface area contributed by atoms with Crippen LogP contribution in [-0.2, 0) is 17.8 Å². The Bertz CT molecular complexity index is 1430. The number of carbonyl (C=O) groups is 1. The molecule has 8 nitrogen and oxygen atoms in total. The number of fused-ring (bicyclic) bond motifs is 3. The molecular weight excluding hydrogens is 462 g/mol. The van der Waals surface area contributed by atoms with Gasteiger partial charge in [-0.2, -0.15) is 0 Å². The summed E-state index contributed by atoms with van der Waals surface area (Å²) in [6.45, 7) is 5.30. The Kier molecular flexibility index (Phi) is 5.08. The van der Waals surface area contributed by atoms with Gasteiger partial charge in [-0.15, -0.1) is 0 Å². The lowest BCUT2D eigenvalue weighted by atomic mass is 9.73. The van der Waals surface area contributed by atoms with Crippen LogP contribution in [-0.4, -0.2) is 47.9 Å². The molecule has 1 fully saturated rings. The number of amidine groups is 1. The van der Waals surface area contributed by atoms with Gasteiger partial charge in [-0.3, -0.25) is 9.79 Å². The molecule has 4 aliphatic rings. The van der Waals surface area contributed by atoms with Crippen LogP contribution in [0.1, 0.15) is 48.3 Å². The fraction of sp³-hybridized carbons (Fsp3) is 0.379. The van der Waals surface area contributed by atoms with Crippen LogP contribution in [0.4, 0.5) is 17.2 Å². The van der Waals surface area contributed by atoms with E-state index in [1.807, 2.05) is 35.4 Å². The smallest absolute Gasteiger partial charge is 0.223 e. The van der Waals surface area contributed by atoms with E-state index in [1.54, 1.807) is 6.92 Å². The van der Waals surface area contributed by atoms with Gasteiger partial charge in [0.1, 0.15) is 11.5 Å². The third-order valence-electron chi connectivity index (χ3n) is 8.74. The predicted octanol–water partition coefficient (Wildman–Crippen LogP) is 3.45. The molecule has 1 aromatic heterocycles. The van der Waals surface area contributed by atoms with E-state index < -0.39 is 0 Å². The average molecular weight is 494 g/mol. The van der Waals surface area contributed by atoms with Gasteiger partial charge in [0.2, 0.25) is 5.91 Å². The lowest BCUT2D eigenvalue weighted by Crippen LogP contribution is -2.46. The fourth-order valence-electron chi connectivity index (χ4n) is 6.70. The summed E-state index contributed by atoms with van der Waals surface area (Å²) in [7, 11) is 0. The summed E-state index contributed by atoms with van der Waals surface area (Å²) >= 11 is 0. The minimum atomic E-state index is 0.0519. The minimum Gasteiger partial charge on any atom is -0.355 e. The molecule has 0 bridgehead atoms. The second-order valence-electron chi connectivity index (χ2n) is 10.7. The van der Waals surface area contributed by atoms with Gasteiger partial charge in [-0.1, -0.05) is 36.4 Å². The number of nitrogens with zero attached hydrogens (tertiary/aromatic N) is 6. The van der Waals surface area contributed by atoms with Crippen LogP contribution in [0, 0.1) is 5.41 Å². The molecule has 1 amide bonds. The molecule has 37 heavy (non-hydrogen) atoms. The molecule has 188 valence electrons. The van der Waals surface area contributed by atoms with Crippen LogP contribution in [0.15, 0.2) is 59.7 Å². The first-order valence-electron chi connectivity index (χ1n) is 13.2. The molecule has 0 radical (unpaired) electrons. The quantitative estimate of drug-likeness (QED) is 0.558. The molecule has 1 aliphatic carbocycles. The number of aliphatic imine (C=N–C) groups is 1. The maximum Gasteiger partial charge on any atom is 0.223 e. The number of hydrogen-bond acceptors (Lipinski definition) is 7. The second-order valence-corrected chi connectivity index (χ2v) is 10.7. The first-order valence-corrected chi connectivity index (χ1v) is 13.2. The van der Waals surface area contributed by atoms with Crippen LogP contribution in [0.25, 0.3) is 0 Å². The summed E-state index contributed by atoms with van der Waals surface area (Å²) in [5, 5.41) is 0. The topological polar surface area (TPSA) is 91.0 Å². The van der Waals surface area contributed by atoms with E-state index in [1.165, 1.54) is 11.1 Å². The summed E-state index contributed by atoms with van der Waals surface area (Å²) in [4.78, 5) is 33.3. The Morgan fingerprint density at radius 3 is 2.54 bits per heavy atom. The van der Waals surface area contributed by atoms with Gasteiger partial charge >= 0.3 is 0 Å². The molecule has 2 aromatic carbocycles. The number of para-hydroxylation sites is 2. The number of amides is 1. The van der Waals surface area contributed by atoms with E-state index in [9.17, 15) is 4.79 Å². The molecule has 2 N–H and O–H groups in total. The summed E-state index contributed by atoms with van der Waals surface area (Å²) < 4.78 is 0. The number of benzene rings is 2. The number of hydrogen-bond donors (Lipinski definition) is 1. The van der Waals surface area contributed by atoms with Gasteiger partial charge in [0.25, 0.3) is 0 Å². The van der Waals surface area contributed by atoms with Crippen molar-refractivity contribution in [2.45, 2.75) is 38.8 Å². The van der Waals surface area contributed by atoms with E-state index in [0.29, 0.717) is 19.6 Å². The van der Waals surface area contributed by atoms with Gasteiger partial charge in [-0.25, -0.2) is 9.97 Å². The predicted molar refractivity (Wildman–Crippen MR) is 145 cm³/mol. The molecule has 1 atom stereocenters. The van der Waals surface area contributed by atoms with Gasteiger partial charge in [0, 0.05) is 39.1 Å². The first-order chi connectivity index (χ1) is 18.0. The maximum absolute atomic E-state index is 12.2. The largest absolute Gasteiger partial charge is 0.355 e. The summed E-state index contributed by atoms with van der Waals surface area (Å²) in [6, 6.07) is 16.8. The third kappa shape index (κ3) is 3.46. The number of aromatic nitrogens is 2. The Morgan fingerprint density at radius 1 is 1.00 bits per heavy atom. The van der Waals surface area contributed by atoms with Crippen molar-refractivity contribution in [2.24, 2.45) is 16.1 Å². The van der Waals surface area contributed by atoms with Crippen molar-refractivity contribution >= 4 is 28.9 Å². The van der Waals surface area contributed by atoms with Crippen LogP contribution in [0.2, 0.25) is 0 Å². The van der Waals surface area contributed by atoms with Crippen molar-refractivity contribution in [1.29, 1.82) is 0 Å². The van der Waals surface area contributed by atoms with Crippen molar-refractivity contribution < 1.29 is 4.79 Å². The lowest BCUT2D eigenvalue weighted by molar-refractivity contribution is -0.116. The van der Waals surface area contributed by atoms with E-state index in [4.69, 9.17) is 20.7 Å². The highest BCUT2D eigenvalue weighted by atomic mass is 16.2. The number of piperidine rings is 1. The lowest BCUT2D eigenvalue weighted by Gasteiger charge is -2.42. The Labute approximate surface area is 216 Å². The number of nitrogens with two attached hydrogens (primary N) is 1. The number of carbonyl (C=O) groups excluding carboxylic acids is 1. The Balaban J connectivity index is 1.10. The maximum atomic E-state index is 12.2. The third-order valence-corrected chi connectivity index (χ3v) is 8.74. The minimum absolute atomic E-state index is 0.0519. The molecule has 1 spiro atoms. The van der Waals surface area contributed by atoms with E-state index in [0.717, 1.165) is 66.8 Å². The van der Waals surface area contributed by atoms with Crippen molar-refractivity contribution in [2.75, 3.05) is 40.9 Å². The highest BCUT2D eigenvalue weighted by Gasteiger charge is 2.46. The molecular formula is C29H31N7O. The SMILES string of the molecule is CC(=O)N1CCN(C2=NCc3nc(N4CCC5(CC4)Cc4ccccc4[C@H]5N)cnc32)c2ccccc21. The van der Waals surface area contributed by atoms with Gasteiger partial charge in [-0.05, 0) is 47.9 Å².